The minimum Gasteiger partial charge on any atom is -0.383 e. The van der Waals surface area contributed by atoms with Crippen molar-refractivity contribution < 1.29 is 38.8 Å². The molecule has 0 bridgehead atoms. The van der Waals surface area contributed by atoms with Crippen molar-refractivity contribution >= 4 is 5.91 Å². The number of amides is 1. The van der Waals surface area contributed by atoms with E-state index in [1.54, 1.807) is 24.3 Å². The molecule has 0 aliphatic carbocycles. The Bertz CT molecular complexity index is 418. The van der Waals surface area contributed by atoms with Crippen molar-refractivity contribution in [3.8, 4) is 0 Å². The number of likely N-dealkylation sites (N-methyl/N-ethyl adjacent to an activating group) is 1. The van der Waals surface area contributed by atoms with Crippen LogP contribution in [0.25, 0.3) is 0 Å². The number of rotatable bonds is 1. The van der Waals surface area contributed by atoms with Crippen LogP contribution in [0.3, 0.4) is 0 Å². The molecular formula is C10H13ClN2O6. The molecule has 8 nitrogen and oxygen atoms in total. The van der Waals surface area contributed by atoms with Crippen LogP contribution >= 0.6 is 0 Å². The SMILES string of the molecule is CN1C(=O)[C@H](O)C[C@H]1c1cccnc1.[O-][Cl+3]([O-])([O-])O. The maximum atomic E-state index is 11.3. The molecular weight excluding hydrogens is 280 g/mol. The lowest BCUT2D eigenvalue weighted by atomic mass is 10.1. The molecule has 1 saturated heterocycles. The predicted molar refractivity (Wildman–Crippen MR) is 52.6 cm³/mol. The van der Waals surface area contributed by atoms with Gasteiger partial charge in [0.05, 0.1) is 20.9 Å². The predicted octanol–water partition coefficient (Wildman–Crippen LogP) is -3.78. The van der Waals surface area contributed by atoms with Gasteiger partial charge in [0.1, 0.15) is 6.10 Å². The van der Waals surface area contributed by atoms with Crippen molar-refractivity contribution in [1.82, 2.24) is 9.88 Å². The number of nitrogens with zero attached hydrogens (tertiary/aromatic N) is 2. The molecule has 1 aliphatic heterocycles. The molecule has 1 fully saturated rings. The lowest BCUT2D eigenvalue weighted by Crippen LogP contribution is -2.58. The molecule has 1 aromatic rings. The summed E-state index contributed by atoms with van der Waals surface area (Å²) in [6.07, 6.45) is 3.02. The fourth-order valence-electron chi connectivity index (χ4n) is 1.79. The van der Waals surface area contributed by atoms with Crippen LogP contribution in [0, 0.1) is 10.2 Å². The third kappa shape index (κ3) is 5.07. The Balaban J connectivity index is 0.000000312. The van der Waals surface area contributed by atoms with E-state index >= 15 is 0 Å². The first kappa shape index (κ1) is 15.8. The van der Waals surface area contributed by atoms with Crippen molar-refractivity contribution in [2.75, 3.05) is 7.05 Å². The smallest absolute Gasteiger partial charge is 0.251 e. The molecule has 0 unspecified atom stereocenters. The van der Waals surface area contributed by atoms with Crippen LogP contribution in [0.4, 0.5) is 0 Å². The zero-order valence-corrected chi connectivity index (χ0v) is 10.7. The highest BCUT2D eigenvalue weighted by molar-refractivity contribution is 5.83. The summed E-state index contributed by atoms with van der Waals surface area (Å²) in [4.78, 5) is 16.9. The van der Waals surface area contributed by atoms with E-state index in [0.29, 0.717) is 6.42 Å². The van der Waals surface area contributed by atoms with Gasteiger partial charge in [0.25, 0.3) is 5.91 Å². The molecule has 2 rings (SSSR count). The van der Waals surface area contributed by atoms with Crippen molar-refractivity contribution in [3.05, 3.63) is 30.1 Å². The van der Waals surface area contributed by atoms with Crippen LogP contribution < -0.4 is 14.0 Å². The summed E-state index contributed by atoms with van der Waals surface area (Å²) in [7, 11) is -2.99. The first-order valence-electron chi connectivity index (χ1n) is 5.18. The molecule has 1 aliphatic rings. The molecule has 0 spiro atoms. The fourth-order valence-corrected chi connectivity index (χ4v) is 1.79. The minimum absolute atomic E-state index is 0.0359. The lowest BCUT2D eigenvalue weighted by molar-refractivity contribution is -1.92. The molecule has 0 radical (unpaired) electrons. The minimum atomic E-state index is -4.69. The molecule has 1 amide bonds. The second-order valence-electron chi connectivity index (χ2n) is 3.90. The number of aromatic nitrogens is 1. The molecule has 1 aromatic heterocycles. The molecule has 2 heterocycles. The van der Waals surface area contributed by atoms with E-state index in [4.69, 9.17) is 18.6 Å². The van der Waals surface area contributed by atoms with E-state index in [1.807, 2.05) is 12.1 Å². The average molecular weight is 293 g/mol. The number of aliphatic hydroxyl groups excluding tert-OH is 1. The second-order valence-corrected chi connectivity index (χ2v) is 4.69. The Labute approximate surface area is 111 Å². The summed E-state index contributed by atoms with van der Waals surface area (Å²) in [5.74, 6) is -0.209. The highest BCUT2D eigenvalue weighted by Crippen LogP contribution is 2.30. The lowest BCUT2D eigenvalue weighted by Gasteiger charge is -2.18. The van der Waals surface area contributed by atoms with Gasteiger partial charge in [-0.3, -0.25) is 9.78 Å². The van der Waals surface area contributed by atoms with E-state index in [-0.39, 0.29) is 11.9 Å². The number of carbonyl (C=O) groups excluding carboxylic acids is 1. The van der Waals surface area contributed by atoms with Gasteiger partial charge in [-0.05, 0) is 11.6 Å². The summed E-state index contributed by atoms with van der Waals surface area (Å²) in [6, 6.07) is 3.71. The van der Waals surface area contributed by atoms with Gasteiger partial charge in [-0.2, -0.15) is 14.0 Å². The Morgan fingerprint density at radius 3 is 2.42 bits per heavy atom. The maximum Gasteiger partial charge on any atom is 0.251 e. The first-order valence-corrected chi connectivity index (χ1v) is 6.44. The Morgan fingerprint density at radius 2 is 2.05 bits per heavy atom. The zero-order chi connectivity index (χ0) is 14.6. The summed E-state index contributed by atoms with van der Waals surface area (Å²) < 4.78 is 32.7. The molecule has 2 atom stereocenters. The van der Waals surface area contributed by atoms with Crippen molar-refractivity contribution in [1.29, 1.82) is 0 Å². The van der Waals surface area contributed by atoms with Crippen LogP contribution in [0.2, 0.25) is 0 Å². The van der Waals surface area contributed by atoms with Gasteiger partial charge < -0.3 is 10.0 Å². The van der Waals surface area contributed by atoms with E-state index in [2.05, 4.69) is 4.98 Å². The standard InChI is InChI=1S/C10H12N2O2.ClHO4/c1-12-8(5-9(13)10(12)14)7-3-2-4-11-6-7;2-1(3,4)5/h2-4,6,8-9,13H,5H2,1H3;(H,2,3,4,5)/t8-,9+;/m0./s1. The van der Waals surface area contributed by atoms with E-state index in [0.717, 1.165) is 5.56 Å². The van der Waals surface area contributed by atoms with Gasteiger partial charge in [-0.15, -0.1) is 0 Å². The molecule has 106 valence electrons. The van der Waals surface area contributed by atoms with Crippen molar-refractivity contribution in [2.24, 2.45) is 0 Å². The molecule has 19 heavy (non-hydrogen) atoms. The summed E-state index contributed by atoms with van der Waals surface area (Å²) >= 11 is 0. The second kappa shape index (κ2) is 6.24. The van der Waals surface area contributed by atoms with Crippen molar-refractivity contribution in [2.45, 2.75) is 18.6 Å². The topological polar surface area (TPSA) is 143 Å². The highest BCUT2D eigenvalue weighted by Gasteiger charge is 2.36. The van der Waals surface area contributed by atoms with Gasteiger partial charge in [0, 0.05) is 25.9 Å². The number of hydrogen-bond donors (Lipinski definition) is 2. The number of halogens is 1. The largest absolute Gasteiger partial charge is 0.383 e. The number of aliphatic hydroxyl groups is 1. The highest BCUT2D eigenvalue weighted by atomic mass is 35.7. The molecule has 0 aromatic carbocycles. The quantitative estimate of drug-likeness (QED) is 0.540. The Morgan fingerprint density at radius 1 is 1.47 bits per heavy atom. The van der Waals surface area contributed by atoms with Gasteiger partial charge in [0.2, 0.25) is 0 Å². The van der Waals surface area contributed by atoms with E-state index in [9.17, 15) is 9.90 Å². The summed E-state index contributed by atoms with van der Waals surface area (Å²) in [5, 5.41) is 9.39. The van der Waals surface area contributed by atoms with Gasteiger partial charge >= 0.3 is 0 Å². The van der Waals surface area contributed by atoms with Crippen LogP contribution in [-0.4, -0.2) is 38.7 Å². The number of likely N-dealkylation sites (tertiary alicyclic amines) is 1. The third-order valence-corrected chi connectivity index (χ3v) is 2.62. The maximum absolute atomic E-state index is 11.3. The van der Waals surface area contributed by atoms with Crippen LogP contribution in [-0.2, 0) is 4.79 Å². The summed E-state index contributed by atoms with van der Waals surface area (Å²) in [5.41, 5.74) is 0.972. The number of pyridine rings is 1. The zero-order valence-electron chi connectivity index (χ0n) is 9.97. The Hall–Kier alpha value is -1.29. The van der Waals surface area contributed by atoms with E-state index < -0.39 is 16.3 Å². The van der Waals surface area contributed by atoms with E-state index in [1.165, 1.54) is 0 Å². The first-order chi connectivity index (χ1) is 8.70. The Kier molecular flexibility index (Phi) is 5.18. The monoisotopic (exact) mass is 292 g/mol. The summed E-state index contributed by atoms with van der Waals surface area (Å²) in [6.45, 7) is 0. The van der Waals surface area contributed by atoms with Gasteiger partial charge in [-0.1, -0.05) is 6.07 Å². The molecule has 2 N–H and O–H groups in total. The van der Waals surface area contributed by atoms with Crippen LogP contribution in [0.1, 0.15) is 18.0 Å². The molecule has 0 saturated carbocycles. The normalized spacial score (nSPS) is 23.1. The average Bonchev–Trinajstić information content (AvgIpc) is 2.56. The fraction of sp³-hybridized carbons (Fsp3) is 0.400. The van der Waals surface area contributed by atoms with Gasteiger partial charge in [-0.25, -0.2) is 0 Å². The van der Waals surface area contributed by atoms with Crippen LogP contribution in [0.15, 0.2) is 24.5 Å². The number of carbonyl (C=O) groups is 1. The third-order valence-electron chi connectivity index (χ3n) is 2.62. The van der Waals surface area contributed by atoms with Gasteiger partial charge in [0.15, 0.2) is 0 Å². The van der Waals surface area contributed by atoms with Crippen molar-refractivity contribution in [3.63, 3.8) is 0 Å². The number of hydrogen-bond acceptors (Lipinski definition) is 7. The molecule has 9 heteroatoms. The van der Waals surface area contributed by atoms with Crippen LogP contribution in [0.5, 0.6) is 0 Å².